The number of carboxylic acid groups (broad SMARTS) is 1. The molecule has 0 aliphatic heterocycles. The molecule has 0 bridgehead atoms. The molecule has 0 aromatic rings. The molecule has 0 aliphatic rings. The Kier molecular flexibility index (Phi) is 10.4. The summed E-state index contributed by atoms with van der Waals surface area (Å²) >= 11 is 0. The molecule has 0 aliphatic carbocycles. The van der Waals surface area contributed by atoms with Gasteiger partial charge in [-0.3, -0.25) is 19.4 Å². The molecule has 154 valence electrons. The lowest BCUT2D eigenvalue weighted by Crippen LogP contribution is -2.58. The average molecular weight is 389 g/mol. The molecule has 13 nitrogen and oxygen atoms in total. The highest BCUT2D eigenvalue weighted by molar-refractivity contribution is 5.93. The summed E-state index contributed by atoms with van der Waals surface area (Å²) in [6.07, 6.45) is -1.40. The van der Waals surface area contributed by atoms with E-state index in [9.17, 15) is 24.3 Å². The van der Waals surface area contributed by atoms with E-state index in [0.717, 1.165) is 0 Å². The molecule has 0 heterocycles. The molecule has 3 amide bonds. The van der Waals surface area contributed by atoms with E-state index >= 15 is 0 Å². The number of carboxylic acids is 1. The fourth-order valence-corrected chi connectivity index (χ4v) is 1.98. The number of carbonyl (C=O) groups is 4. The predicted octanol–water partition coefficient (Wildman–Crippen LogP) is -4.32. The van der Waals surface area contributed by atoms with Crippen molar-refractivity contribution in [1.29, 1.82) is 0 Å². The van der Waals surface area contributed by atoms with Crippen molar-refractivity contribution in [3.05, 3.63) is 0 Å². The summed E-state index contributed by atoms with van der Waals surface area (Å²) in [4.78, 5) is 50.0. The van der Waals surface area contributed by atoms with E-state index in [1.165, 1.54) is 6.92 Å². The van der Waals surface area contributed by atoms with Gasteiger partial charge in [-0.05, 0) is 19.8 Å². The molecule has 13 heteroatoms. The van der Waals surface area contributed by atoms with Crippen molar-refractivity contribution in [2.24, 2.45) is 27.9 Å². The Morgan fingerprint density at radius 2 is 1.67 bits per heavy atom. The highest BCUT2D eigenvalue weighted by Crippen LogP contribution is 2.01. The van der Waals surface area contributed by atoms with Crippen LogP contribution in [0.1, 0.15) is 26.2 Å². The molecule has 0 spiro atoms. The van der Waals surface area contributed by atoms with Crippen LogP contribution < -0.4 is 33.6 Å². The van der Waals surface area contributed by atoms with Gasteiger partial charge in [0.25, 0.3) is 0 Å². The van der Waals surface area contributed by atoms with Crippen molar-refractivity contribution in [3.8, 4) is 0 Å². The number of primary amides is 1. The van der Waals surface area contributed by atoms with E-state index in [1.807, 2.05) is 5.32 Å². The van der Waals surface area contributed by atoms with E-state index in [1.54, 1.807) is 0 Å². The van der Waals surface area contributed by atoms with Gasteiger partial charge in [0.1, 0.15) is 12.1 Å². The Morgan fingerprint density at radius 3 is 2.11 bits per heavy atom. The summed E-state index contributed by atoms with van der Waals surface area (Å²) in [6.45, 7) is 1.48. The maximum atomic E-state index is 12.2. The number of aliphatic carboxylic acids is 1. The molecule has 0 radical (unpaired) electrons. The number of aliphatic hydroxyl groups is 1. The van der Waals surface area contributed by atoms with Gasteiger partial charge < -0.3 is 43.8 Å². The average Bonchev–Trinajstić information content (AvgIpc) is 2.54. The summed E-state index contributed by atoms with van der Waals surface area (Å²) in [7, 11) is 0. The van der Waals surface area contributed by atoms with Crippen LogP contribution in [0.4, 0.5) is 0 Å². The van der Waals surface area contributed by atoms with Crippen molar-refractivity contribution < 1.29 is 29.4 Å². The van der Waals surface area contributed by atoms with Gasteiger partial charge in [-0.25, -0.2) is 4.79 Å². The van der Waals surface area contributed by atoms with Crippen LogP contribution in [-0.2, 0) is 19.2 Å². The van der Waals surface area contributed by atoms with Crippen LogP contribution in [0.25, 0.3) is 0 Å². The lowest BCUT2D eigenvalue weighted by Gasteiger charge is -2.24. The minimum absolute atomic E-state index is 0.0946. The van der Waals surface area contributed by atoms with Crippen molar-refractivity contribution in [3.63, 3.8) is 0 Å². The third kappa shape index (κ3) is 9.96. The first-order valence-corrected chi connectivity index (χ1v) is 8.06. The second kappa shape index (κ2) is 11.6. The summed E-state index contributed by atoms with van der Waals surface area (Å²) in [6, 6.07) is -4.08. The van der Waals surface area contributed by atoms with Crippen molar-refractivity contribution in [2.75, 3.05) is 6.54 Å². The van der Waals surface area contributed by atoms with Gasteiger partial charge in [-0.2, -0.15) is 0 Å². The van der Waals surface area contributed by atoms with Crippen LogP contribution in [0.2, 0.25) is 0 Å². The van der Waals surface area contributed by atoms with Gasteiger partial charge in [0, 0.05) is 6.54 Å². The largest absolute Gasteiger partial charge is 0.480 e. The Balaban J connectivity index is 4.83. The third-order valence-corrected chi connectivity index (χ3v) is 3.39. The second-order valence-electron chi connectivity index (χ2n) is 5.85. The fraction of sp³-hybridized carbons (Fsp3) is 0.643. The molecule has 0 saturated carbocycles. The van der Waals surface area contributed by atoms with Crippen LogP contribution in [0.15, 0.2) is 4.99 Å². The van der Waals surface area contributed by atoms with Gasteiger partial charge in [0.05, 0.1) is 18.6 Å². The number of carbonyl (C=O) groups excluding carboxylic acids is 3. The topological polar surface area (TPSA) is 249 Å². The highest BCUT2D eigenvalue weighted by atomic mass is 16.4. The number of hydrogen-bond donors (Lipinski definition) is 8. The normalized spacial score (nSPS) is 14.9. The number of guanidine groups is 1. The van der Waals surface area contributed by atoms with Gasteiger partial charge in [-0.15, -0.1) is 0 Å². The first kappa shape index (κ1) is 24.1. The van der Waals surface area contributed by atoms with E-state index < -0.39 is 54.3 Å². The number of aliphatic imine (C=N–C) groups is 1. The number of nitrogens with one attached hydrogen (secondary N) is 2. The molecular formula is C14H27N7O6. The first-order chi connectivity index (χ1) is 12.5. The molecule has 4 atom stereocenters. The minimum Gasteiger partial charge on any atom is -0.480 e. The Morgan fingerprint density at radius 1 is 1.07 bits per heavy atom. The number of nitrogens with zero attached hydrogens (tertiary/aromatic N) is 1. The smallest absolute Gasteiger partial charge is 0.326 e. The monoisotopic (exact) mass is 389 g/mol. The summed E-state index contributed by atoms with van der Waals surface area (Å²) in [5.74, 6) is -4.26. The molecule has 0 saturated heterocycles. The number of rotatable bonds is 12. The maximum Gasteiger partial charge on any atom is 0.326 e. The fourth-order valence-electron chi connectivity index (χ4n) is 1.98. The van der Waals surface area contributed by atoms with Crippen LogP contribution in [0, 0.1) is 0 Å². The van der Waals surface area contributed by atoms with E-state index in [-0.39, 0.29) is 18.9 Å². The molecular weight excluding hydrogens is 362 g/mol. The maximum absolute atomic E-state index is 12.2. The van der Waals surface area contributed by atoms with Crippen LogP contribution in [-0.4, -0.2) is 70.6 Å². The van der Waals surface area contributed by atoms with Crippen LogP contribution >= 0.6 is 0 Å². The quantitative estimate of drug-likeness (QED) is 0.0911. The molecule has 27 heavy (non-hydrogen) atoms. The van der Waals surface area contributed by atoms with Crippen molar-refractivity contribution in [2.45, 2.75) is 50.4 Å². The van der Waals surface area contributed by atoms with Gasteiger partial charge >= 0.3 is 5.97 Å². The molecule has 12 N–H and O–H groups in total. The van der Waals surface area contributed by atoms with Gasteiger partial charge in [0.15, 0.2) is 5.96 Å². The summed E-state index contributed by atoms with van der Waals surface area (Å²) in [5.41, 5.74) is 21.0. The van der Waals surface area contributed by atoms with Crippen LogP contribution in [0.5, 0.6) is 0 Å². The van der Waals surface area contributed by atoms with Gasteiger partial charge in [0.2, 0.25) is 17.7 Å². The lowest BCUT2D eigenvalue weighted by molar-refractivity contribution is -0.144. The Labute approximate surface area is 155 Å². The number of aliphatic hydroxyl groups excluding tert-OH is 1. The van der Waals surface area contributed by atoms with E-state index in [2.05, 4.69) is 10.3 Å². The molecule has 0 rings (SSSR count). The predicted molar refractivity (Wildman–Crippen MR) is 94.9 cm³/mol. The lowest BCUT2D eigenvalue weighted by atomic mass is 10.1. The zero-order valence-electron chi connectivity index (χ0n) is 14.9. The third-order valence-electron chi connectivity index (χ3n) is 3.39. The molecule has 0 unspecified atom stereocenters. The first-order valence-electron chi connectivity index (χ1n) is 8.06. The zero-order valence-corrected chi connectivity index (χ0v) is 14.9. The molecule has 0 aromatic carbocycles. The number of amides is 3. The zero-order chi connectivity index (χ0) is 21.1. The number of hydrogen-bond acceptors (Lipinski definition) is 7. The second-order valence-corrected chi connectivity index (χ2v) is 5.85. The van der Waals surface area contributed by atoms with E-state index in [4.69, 9.17) is 28.0 Å². The Bertz CT molecular complexity index is 576. The van der Waals surface area contributed by atoms with E-state index in [0.29, 0.717) is 6.42 Å². The van der Waals surface area contributed by atoms with Gasteiger partial charge in [-0.1, -0.05) is 0 Å². The SMILES string of the molecule is C[C@@H](O)[C@H](NC(=O)[C@@H](N)CCCN=C(N)N)C(=O)N[C@@H](CC(N)=O)C(=O)O. The summed E-state index contributed by atoms with van der Waals surface area (Å²) < 4.78 is 0. The standard InChI is InChI=1S/C14H27N7O6/c1-6(22)10(12(25)20-8(13(26)27)5-9(16)23)21-11(24)7(15)3-2-4-19-14(17)18/h6-8,10,22H,2-5,15H2,1H3,(H2,16,23)(H,20,25)(H,21,24)(H,26,27)(H4,17,18,19)/t6-,7+,8+,10+/m1/s1. The Hall–Kier alpha value is -2.93. The highest BCUT2D eigenvalue weighted by Gasteiger charge is 2.31. The number of nitrogens with two attached hydrogens (primary N) is 4. The molecule has 0 aromatic heterocycles. The van der Waals surface area contributed by atoms with Crippen molar-refractivity contribution >= 4 is 29.7 Å². The minimum atomic E-state index is -1.60. The summed E-state index contributed by atoms with van der Waals surface area (Å²) in [5, 5.41) is 23.0. The molecule has 0 fully saturated rings. The van der Waals surface area contributed by atoms with Crippen LogP contribution in [0.3, 0.4) is 0 Å². The van der Waals surface area contributed by atoms with Crippen molar-refractivity contribution in [1.82, 2.24) is 10.6 Å².